The van der Waals surface area contributed by atoms with Gasteiger partial charge in [-0.15, -0.1) is 0 Å². The van der Waals surface area contributed by atoms with Gasteiger partial charge in [-0.2, -0.15) is 0 Å². The number of benzene rings is 2. The highest BCUT2D eigenvalue weighted by atomic mass is 16.5. The molecule has 1 atom stereocenters. The minimum atomic E-state index is -0.732. The SMILES string of the molecule is CC(=O)C(Cc1ccccc1)NC(=O)COC(=O)CNC(=O)Cc1ccccc1. The van der Waals surface area contributed by atoms with Crippen molar-refractivity contribution < 1.29 is 23.9 Å². The molecule has 0 aliphatic rings. The Morgan fingerprint density at radius 2 is 1.45 bits per heavy atom. The van der Waals surface area contributed by atoms with Gasteiger partial charge >= 0.3 is 5.97 Å². The van der Waals surface area contributed by atoms with Gasteiger partial charge in [0.2, 0.25) is 5.91 Å². The summed E-state index contributed by atoms with van der Waals surface area (Å²) < 4.78 is 4.86. The number of carbonyl (C=O) groups excluding carboxylic acids is 4. The zero-order valence-corrected chi connectivity index (χ0v) is 16.2. The van der Waals surface area contributed by atoms with E-state index in [1.807, 2.05) is 60.7 Å². The van der Waals surface area contributed by atoms with E-state index in [-0.39, 0.29) is 24.7 Å². The Morgan fingerprint density at radius 1 is 0.862 bits per heavy atom. The van der Waals surface area contributed by atoms with E-state index < -0.39 is 24.5 Å². The fraction of sp³-hybridized carbons (Fsp3) is 0.273. The molecule has 0 aromatic heterocycles. The molecule has 7 heteroatoms. The van der Waals surface area contributed by atoms with E-state index >= 15 is 0 Å². The first-order valence-electron chi connectivity index (χ1n) is 9.24. The van der Waals surface area contributed by atoms with E-state index in [4.69, 9.17) is 4.74 Å². The highest BCUT2D eigenvalue weighted by Gasteiger charge is 2.18. The predicted molar refractivity (Wildman–Crippen MR) is 107 cm³/mol. The summed E-state index contributed by atoms with van der Waals surface area (Å²) in [6, 6.07) is 17.7. The summed E-state index contributed by atoms with van der Waals surface area (Å²) in [6.45, 7) is 0.535. The molecule has 0 bridgehead atoms. The molecule has 0 saturated carbocycles. The number of carbonyl (C=O) groups is 4. The largest absolute Gasteiger partial charge is 0.454 e. The number of nitrogens with one attached hydrogen (secondary N) is 2. The smallest absolute Gasteiger partial charge is 0.325 e. The van der Waals surface area contributed by atoms with Gasteiger partial charge in [-0.25, -0.2) is 0 Å². The first kappa shape index (κ1) is 21.8. The topological polar surface area (TPSA) is 102 Å². The second kappa shape index (κ2) is 11.4. The standard InChI is InChI=1S/C22H24N2O5/c1-16(25)19(12-17-8-4-2-5-9-17)24-21(27)15-29-22(28)14-23-20(26)13-18-10-6-3-7-11-18/h2-11,19H,12-15H2,1H3,(H,23,26)(H,24,27). The molecule has 0 radical (unpaired) electrons. The molecule has 0 aliphatic heterocycles. The van der Waals surface area contributed by atoms with Gasteiger partial charge in [-0.1, -0.05) is 60.7 Å². The lowest BCUT2D eigenvalue weighted by Gasteiger charge is -2.16. The van der Waals surface area contributed by atoms with Crippen LogP contribution in [-0.4, -0.2) is 42.8 Å². The Hall–Kier alpha value is -3.48. The number of rotatable bonds is 10. The molecule has 2 N–H and O–H groups in total. The zero-order valence-electron chi connectivity index (χ0n) is 16.2. The van der Waals surface area contributed by atoms with Crippen molar-refractivity contribution in [2.45, 2.75) is 25.8 Å². The van der Waals surface area contributed by atoms with Gasteiger partial charge in [0, 0.05) is 0 Å². The molecule has 0 saturated heterocycles. The quantitative estimate of drug-likeness (QED) is 0.588. The molecule has 0 fully saturated rings. The average Bonchev–Trinajstić information content (AvgIpc) is 2.71. The van der Waals surface area contributed by atoms with Crippen LogP contribution in [0.3, 0.4) is 0 Å². The number of esters is 1. The van der Waals surface area contributed by atoms with Crippen LogP contribution in [0.15, 0.2) is 60.7 Å². The van der Waals surface area contributed by atoms with E-state index in [0.717, 1.165) is 11.1 Å². The van der Waals surface area contributed by atoms with Gasteiger partial charge in [0.05, 0.1) is 12.5 Å². The maximum atomic E-state index is 12.0. The molecule has 1 unspecified atom stereocenters. The van der Waals surface area contributed by atoms with Gasteiger partial charge in [0.15, 0.2) is 12.4 Å². The van der Waals surface area contributed by atoms with Crippen molar-refractivity contribution in [3.05, 3.63) is 71.8 Å². The van der Waals surface area contributed by atoms with Crippen molar-refractivity contribution >= 4 is 23.6 Å². The lowest BCUT2D eigenvalue weighted by Crippen LogP contribution is -2.43. The number of amides is 2. The molecule has 2 aromatic carbocycles. The maximum absolute atomic E-state index is 12.0. The van der Waals surface area contributed by atoms with Crippen molar-refractivity contribution in [3.63, 3.8) is 0 Å². The van der Waals surface area contributed by atoms with Gasteiger partial charge in [-0.3, -0.25) is 19.2 Å². The number of ether oxygens (including phenoxy) is 1. The summed E-state index contributed by atoms with van der Waals surface area (Å²) >= 11 is 0. The summed E-state index contributed by atoms with van der Waals surface area (Å²) in [6.07, 6.45) is 0.500. The third kappa shape index (κ3) is 8.38. The molecule has 7 nitrogen and oxygen atoms in total. The number of hydrogen-bond donors (Lipinski definition) is 2. The fourth-order valence-electron chi connectivity index (χ4n) is 2.59. The van der Waals surface area contributed by atoms with Gasteiger partial charge < -0.3 is 15.4 Å². The number of ketones is 1. The molecule has 0 aliphatic carbocycles. The highest BCUT2D eigenvalue weighted by Crippen LogP contribution is 2.04. The van der Waals surface area contributed by atoms with Gasteiger partial charge in [0.25, 0.3) is 5.91 Å². The molecule has 2 aromatic rings. The molecular weight excluding hydrogens is 372 g/mol. The third-order valence-electron chi connectivity index (χ3n) is 4.11. The van der Waals surface area contributed by atoms with Crippen LogP contribution in [0.2, 0.25) is 0 Å². The van der Waals surface area contributed by atoms with E-state index in [9.17, 15) is 19.2 Å². The Kier molecular flexibility index (Phi) is 8.56. The minimum absolute atomic E-state index is 0.147. The van der Waals surface area contributed by atoms with E-state index in [1.165, 1.54) is 6.92 Å². The van der Waals surface area contributed by atoms with Crippen molar-refractivity contribution in [3.8, 4) is 0 Å². The normalized spacial score (nSPS) is 11.2. The van der Waals surface area contributed by atoms with E-state index in [1.54, 1.807) is 0 Å². The zero-order chi connectivity index (χ0) is 21.1. The third-order valence-corrected chi connectivity index (χ3v) is 4.11. The molecule has 29 heavy (non-hydrogen) atoms. The lowest BCUT2D eigenvalue weighted by molar-refractivity contribution is -0.148. The summed E-state index contributed by atoms with van der Waals surface area (Å²) in [5.41, 5.74) is 1.73. The molecular formula is C22H24N2O5. The van der Waals surface area contributed by atoms with Gasteiger partial charge in [-0.05, 0) is 24.5 Å². The highest BCUT2D eigenvalue weighted by molar-refractivity contribution is 5.89. The van der Waals surface area contributed by atoms with Crippen LogP contribution in [0.4, 0.5) is 0 Å². The van der Waals surface area contributed by atoms with E-state index in [0.29, 0.717) is 6.42 Å². The van der Waals surface area contributed by atoms with Crippen molar-refractivity contribution in [2.75, 3.05) is 13.2 Å². The number of hydrogen-bond acceptors (Lipinski definition) is 5. The second-order valence-corrected chi connectivity index (χ2v) is 6.52. The first-order valence-corrected chi connectivity index (χ1v) is 9.24. The second-order valence-electron chi connectivity index (χ2n) is 6.52. The average molecular weight is 396 g/mol. The molecule has 2 amide bonds. The first-order chi connectivity index (χ1) is 13.9. The van der Waals surface area contributed by atoms with E-state index in [2.05, 4.69) is 10.6 Å². The van der Waals surface area contributed by atoms with Crippen LogP contribution in [-0.2, 0) is 36.8 Å². The molecule has 152 valence electrons. The molecule has 2 rings (SSSR count). The summed E-state index contributed by atoms with van der Waals surface area (Å²) in [5, 5.41) is 5.01. The summed E-state index contributed by atoms with van der Waals surface area (Å²) in [7, 11) is 0. The minimum Gasteiger partial charge on any atom is -0.454 e. The van der Waals surface area contributed by atoms with Crippen molar-refractivity contribution in [1.82, 2.24) is 10.6 Å². The fourth-order valence-corrected chi connectivity index (χ4v) is 2.59. The lowest BCUT2D eigenvalue weighted by atomic mass is 10.0. The van der Waals surface area contributed by atoms with Crippen LogP contribution in [0.1, 0.15) is 18.1 Å². The summed E-state index contributed by atoms with van der Waals surface area (Å²) in [4.78, 5) is 47.3. The summed E-state index contributed by atoms with van der Waals surface area (Å²) in [5.74, 6) is -1.83. The maximum Gasteiger partial charge on any atom is 0.325 e. The number of Topliss-reactive ketones (excluding diaryl/α,β-unsaturated/α-hetero) is 1. The van der Waals surface area contributed by atoms with Crippen LogP contribution in [0, 0.1) is 0 Å². The molecule has 0 spiro atoms. The Balaban J connectivity index is 1.70. The Labute approximate surface area is 169 Å². The van der Waals surface area contributed by atoms with Gasteiger partial charge in [0.1, 0.15) is 6.54 Å². The van der Waals surface area contributed by atoms with Crippen LogP contribution < -0.4 is 10.6 Å². The van der Waals surface area contributed by atoms with Crippen LogP contribution in [0.5, 0.6) is 0 Å². The van der Waals surface area contributed by atoms with Crippen molar-refractivity contribution in [2.24, 2.45) is 0 Å². The Morgan fingerprint density at radius 3 is 2.03 bits per heavy atom. The monoisotopic (exact) mass is 396 g/mol. The van der Waals surface area contributed by atoms with Crippen LogP contribution >= 0.6 is 0 Å². The van der Waals surface area contributed by atoms with Crippen LogP contribution in [0.25, 0.3) is 0 Å². The Bertz CT molecular complexity index is 837. The van der Waals surface area contributed by atoms with Crippen molar-refractivity contribution in [1.29, 1.82) is 0 Å². The molecule has 0 heterocycles. The predicted octanol–water partition coefficient (Wildman–Crippen LogP) is 1.21.